The van der Waals surface area contributed by atoms with Crippen molar-refractivity contribution in [1.82, 2.24) is 20.4 Å². The number of imide groups is 1. The molecule has 3 aliphatic rings. The van der Waals surface area contributed by atoms with Gasteiger partial charge in [0.1, 0.15) is 11.6 Å². The third kappa shape index (κ3) is 7.22. The number of hydrogen-bond donors (Lipinski definition) is 3. The van der Waals surface area contributed by atoms with Crippen LogP contribution < -0.4 is 16.0 Å². The molecule has 11 heteroatoms. The lowest BCUT2D eigenvalue weighted by Crippen LogP contribution is -2.52. The molecule has 2 fully saturated rings. The lowest BCUT2D eigenvalue weighted by Gasteiger charge is -2.33. The Bertz CT molecular complexity index is 1050. The molecule has 4 rings (SSSR count). The summed E-state index contributed by atoms with van der Waals surface area (Å²) in [6, 6.07) is 5.35. The molecular weight excluding hydrogens is 490 g/mol. The van der Waals surface area contributed by atoms with Crippen LogP contribution in [0.15, 0.2) is 18.2 Å². The smallest absolute Gasteiger partial charge is 0.407 e. The van der Waals surface area contributed by atoms with E-state index in [0.717, 1.165) is 43.7 Å². The molecule has 0 spiro atoms. The molecule has 11 nitrogen and oxygen atoms in total. The largest absolute Gasteiger partial charge is 0.444 e. The summed E-state index contributed by atoms with van der Waals surface area (Å²) >= 11 is 0. The highest BCUT2D eigenvalue weighted by Gasteiger charge is 2.40. The average Bonchev–Trinajstić information content (AvgIpc) is 3.18. The van der Waals surface area contributed by atoms with Crippen LogP contribution in [0.3, 0.4) is 0 Å². The quantitative estimate of drug-likeness (QED) is 0.327. The van der Waals surface area contributed by atoms with E-state index in [1.54, 1.807) is 11.0 Å². The summed E-state index contributed by atoms with van der Waals surface area (Å²) in [5, 5.41) is 8.67. The number of piperidine rings is 2. The van der Waals surface area contributed by atoms with Crippen molar-refractivity contribution in [2.45, 2.75) is 70.7 Å². The molecule has 0 aliphatic carbocycles. The number of anilines is 1. The summed E-state index contributed by atoms with van der Waals surface area (Å²) in [6.07, 6.45) is 2.10. The molecule has 1 aromatic carbocycles. The second kappa shape index (κ2) is 12.1. The molecule has 3 N–H and O–H groups in total. The minimum absolute atomic E-state index is 0.158. The van der Waals surface area contributed by atoms with Crippen LogP contribution in [-0.4, -0.2) is 90.7 Å². The molecule has 208 valence electrons. The minimum atomic E-state index is -0.612. The number of nitrogens with zero attached hydrogens (tertiary/aromatic N) is 2. The fourth-order valence-electron chi connectivity index (χ4n) is 5.08. The second-order valence-electron chi connectivity index (χ2n) is 11.0. The Labute approximate surface area is 223 Å². The lowest BCUT2D eigenvalue weighted by molar-refractivity contribution is -0.136. The third-order valence-electron chi connectivity index (χ3n) is 7.00. The van der Waals surface area contributed by atoms with E-state index in [-0.39, 0.29) is 24.3 Å². The van der Waals surface area contributed by atoms with E-state index < -0.39 is 23.6 Å². The van der Waals surface area contributed by atoms with Crippen molar-refractivity contribution in [3.63, 3.8) is 0 Å². The maximum absolute atomic E-state index is 13.1. The molecule has 0 bridgehead atoms. The van der Waals surface area contributed by atoms with Crippen LogP contribution in [0.5, 0.6) is 0 Å². The Morgan fingerprint density at radius 1 is 1.11 bits per heavy atom. The molecule has 1 atom stereocenters. The number of rotatable bonds is 9. The van der Waals surface area contributed by atoms with Crippen LogP contribution in [0, 0.1) is 0 Å². The highest BCUT2D eigenvalue weighted by molar-refractivity contribution is 6.06. The number of ether oxygens (including phenoxy) is 2. The number of hydrogen-bond acceptors (Lipinski definition) is 8. The predicted octanol–water partition coefficient (Wildman–Crippen LogP) is 1.87. The SMILES string of the molecule is CC(C)(C)OC(=O)NCCOCCN1CCC(Nc2cccc3c2CN(C2CCC(=O)NC2=O)C3=O)CC1. The summed E-state index contributed by atoms with van der Waals surface area (Å²) < 4.78 is 10.9. The van der Waals surface area contributed by atoms with Crippen molar-refractivity contribution < 1.29 is 28.7 Å². The van der Waals surface area contributed by atoms with E-state index in [2.05, 4.69) is 20.9 Å². The summed E-state index contributed by atoms with van der Waals surface area (Å²) in [7, 11) is 0. The van der Waals surface area contributed by atoms with Gasteiger partial charge in [0.05, 0.1) is 13.2 Å². The van der Waals surface area contributed by atoms with Gasteiger partial charge in [-0.2, -0.15) is 0 Å². The van der Waals surface area contributed by atoms with Crippen LogP contribution >= 0.6 is 0 Å². The van der Waals surface area contributed by atoms with Crippen LogP contribution in [-0.2, 0) is 25.6 Å². The molecule has 1 unspecified atom stereocenters. The first-order chi connectivity index (χ1) is 18.1. The number of likely N-dealkylation sites (tertiary alicyclic amines) is 1. The topological polar surface area (TPSA) is 129 Å². The molecule has 0 radical (unpaired) electrons. The summed E-state index contributed by atoms with van der Waals surface area (Å²) in [4.78, 5) is 52.5. The van der Waals surface area contributed by atoms with Gasteiger partial charge in [-0.15, -0.1) is 0 Å². The zero-order valence-corrected chi connectivity index (χ0v) is 22.5. The third-order valence-corrected chi connectivity index (χ3v) is 7.00. The number of carbonyl (C=O) groups is 4. The van der Waals surface area contributed by atoms with Crippen molar-refractivity contribution in [3.8, 4) is 0 Å². The number of alkyl carbamates (subject to hydrolysis) is 1. The highest BCUT2D eigenvalue weighted by atomic mass is 16.6. The molecule has 2 saturated heterocycles. The van der Waals surface area contributed by atoms with Gasteiger partial charge in [-0.1, -0.05) is 6.07 Å². The zero-order valence-electron chi connectivity index (χ0n) is 22.5. The average molecular weight is 530 g/mol. The van der Waals surface area contributed by atoms with Crippen molar-refractivity contribution in [3.05, 3.63) is 29.3 Å². The van der Waals surface area contributed by atoms with Crippen LogP contribution in [0.1, 0.15) is 62.4 Å². The number of nitrogens with one attached hydrogen (secondary N) is 3. The molecule has 1 aromatic rings. The van der Waals surface area contributed by atoms with Crippen LogP contribution in [0.2, 0.25) is 0 Å². The van der Waals surface area contributed by atoms with Crippen LogP contribution in [0.4, 0.5) is 10.5 Å². The first-order valence-corrected chi connectivity index (χ1v) is 13.4. The standard InChI is InChI=1S/C27H39N5O6/c1-27(2,3)38-26(36)28-11-15-37-16-14-31-12-9-18(10-13-31)29-21-6-4-5-19-20(21)17-32(25(19)35)22-7-8-23(33)30-24(22)34/h4-6,18,22,29H,7-17H2,1-3H3,(H,28,36)(H,30,33,34). The van der Waals surface area contributed by atoms with Gasteiger partial charge in [-0.3, -0.25) is 19.7 Å². The van der Waals surface area contributed by atoms with Gasteiger partial charge in [0.15, 0.2) is 0 Å². The van der Waals surface area contributed by atoms with Gasteiger partial charge in [0.25, 0.3) is 5.91 Å². The van der Waals surface area contributed by atoms with Crippen molar-refractivity contribution in [2.24, 2.45) is 0 Å². The van der Waals surface area contributed by atoms with Gasteiger partial charge >= 0.3 is 6.09 Å². The number of fused-ring (bicyclic) bond motifs is 1. The first-order valence-electron chi connectivity index (χ1n) is 13.4. The number of carbonyl (C=O) groups excluding carboxylic acids is 4. The minimum Gasteiger partial charge on any atom is -0.444 e. The molecule has 3 heterocycles. The van der Waals surface area contributed by atoms with Gasteiger partial charge in [0, 0.05) is 62.0 Å². The molecule has 4 amide bonds. The number of benzene rings is 1. The van der Waals surface area contributed by atoms with E-state index in [1.165, 1.54) is 0 Å². The summed E-state index contributed by atoms with van der Waals surface area (Å²) in [5.41, 5.74) is 1.96. The Hall–Kier alpha value is -3.18. The van der Waals surface area contributed by atoms with E-state index in [9.17, 15) is 19.2 Å². The number of amides is 4. The summed E-state index contributed by atoms with van der Waals surface area (Å²) in [5.74, 6) is -0.840. The van der Waals surface area contributed by atoms with E-state index in [4.69, 9.17) is 9.47 Å². The van der Waals surface area contributed by atoms with Crippen molar-refractivity contribution in [2.75, 3.05) is 44.7 Å². The van der Waals surface area contributed by atoms with Gasteiger partial charge in [-0.05, 0) is 52.2 Å². The molecule has 3 aliphatic heterocycles. The molecular formula is C27H39N5O6. The monoisotopic (exact) mass is 529 g/mol. The zero-order chi connectivity index (χ0) is 27.3. The second-order valence-corrected chi connectivity index (χ2v) is 11.0. The fraction of sp³-hybridized carbons (Fsp3) is 0.630. The normalized spacial score (nSPS) is 20.8. The molecule has 0 aromatic heterocycles. The van der Waals surface area contributed by atoms with Gasteiger partial charge < -0.3 is 29.9 Å². The maximum Gasteiger partial charge on any atom is 0.407 e. The molecule has 38 heavy (non-hydrogen) atoms. The first kappa shape index (κ1) is 27.8. The van der Waals surface area contributed by atoms with Crippen LogP contribution in [0.25, 0.3) is 0 Å². The highest BCUT2D eigenvalue weighted by Crippen LogP contribution is 2.33. The van der Waals surface area contributed by atoms with Gasteiger partial charge in [-0.25, -0.2) is 4.79 Å². The van der Waals surface area contributed by atoms with E-state index in [1.807, 2.05) is 32.9 Å². The Kier molecular flexibility index (Phi) is 8.88. The van der Waals surface area contributed by atoms with E-state index in [0.29, 0.717) is 38.3 Å². The Balaban J connectivity index is 1.18. The predicted molar refractivity (Wildman–Crippen MR) is 141 cm³/mol. The fourth-order valence-corrected chi connectivity index (χ4v) is 5.08. The van der Waals surface area contributed by atoms with Crippen molar-refractivity contribution in [1.29, 1.82) is 0 Å². The summed E-state index contributed by atoms with van der Waals surface area (Å²) in [6.45, 7) is 9.99. The molecule has 0 saturated carbocycles. The maximum atomic E-state index is 13.1. The lowest BCUT2D eigenvalue weighted by atomic mass is 10.0. The van der Waals surface area contributed by atoms with E-state index >= 15 is 0 Å². The Morgan fingerprint density at radius 2 is 1.87 bits per heavy atom. The Morgan fingerprint density at radius 3 is 2.58 bits per heavy atom. The van der Waals surface area contributed by atoms with Crippen molar-refractivity contribution >= 4 is 29.5 Å². The van der Waals surface area contributed by atoms with Gasteiger partial charge in [0.2, 0.25) is 11.8 Å².